The van der Waals surface area contributed by atoms with E-state index in [0.717, 1.165) is 36.5 Å². The van der Waals surface area contributed by atoms with E-state index in [1.54, 1.807) is 5.56 Å². The molecule has 2 aromatic carbocycles. The summed E-state index contributed by atoms with van der Waals surface area (Å²) in [6.07, 6.45) is 23.9. The molecule has 1 heteroatoms. The molecule has 2 saturated carbocycles. The summed E-state index contributed by atoms with van der Waals surface area (Å²) in [5.74, 6) is 3.65. The summed E-state index contributed by atoms with van der Waals surface area (Å²) in [5.41, 5.74) is 5.73. The third-order valence-electron chi connectivity index (χ3n) is 9.78. The van der Waals surface area contributed by atoms with Crippen LogP contribution < -0.4 is 0 Å². The summed E-state index contributed by atoms with van der Waals surface area (Å²) < 4.78 is 12.3. The van der Waals surface area contributed by atoms with Crippen LogP contribution in [0.15, 0.2) is 48.5 Å². The number of halogens is 1. The molecule has 0 aliphatic heterocycles. The Kier molecular flexibility index (Phi) is 12.0. The highest BCUT2D eigenvalue weighted by Crippen LogP contribution is 2.40. The number of hydrogen-bond donors (Lipinski definition) is 0. The van der Waals surface area contributed by atoms with Crippen LogP contribution in [-0.2, 0) is 6.42 Å². The van der Waals surface area contributed by atoms with Crippen molar-refractivity contribution in [3.05, 3.63) is 59.7 Å². The fourth-order valence-electron chi connectivity index (χ4n) is 7.16. The molecule has 0 atom stereocenters. The SMILES string of the molecule is CCCCCc1ccc(-c2ccc(C3CCC(CC[C@H]4CC[C@H](CCCCCF)CC4)CC3)cc2)cc1. The molecule has 2 aliphatic carbocycles. The van der Waals surface area contributed by atoms with Crippen molar-refractivity contribution in [3.63, 3.8) is 0 Å². The smallest absolute Gasteiger partial charge is 0.0894 e. The summed E-state index contributed by atoms with van der Waals surface area (Å²) >= 11 is 0. The van der Waals surface area contributed by atoms with Gasteiger partial charge in [-0.1, -0.05) is 126 Å². The zero-order valence-corrected chi connectivity index (χ0v) is 23.7. The maximum Gasteiger partial charge on any atom is 0.0894 e. The molecular formula is C36H53F. The quantitative estimate of drug-likeness (QED) is 0.224. The Morgan fingerprint density at radius 2 is 1.11 bits per heavy atom. The molecule has 0 unspecified atom stereocenters. The number of unbranched alkanes of at least 4 members (excludes halogenated alkanes) is 4. The molecule has 0 amide bonds. The van der Waals surface area contributed by atoms with Gasteiger partial charge in [0.25, 0.3) is 0 Å². The van der Waals surface area contributed by atoms with Crippen LogP contribution in [0.3, 0.4) is 0 Å². The highest BCUT2D eigenvalue weighted by Gasteiger charge is 2.25. The Hall–Kier alpha value is -1.63. The minimum absolute atomic E-state index is 0.130. The van der Waals surface area contributed by atoms with Crippen LogP contribution in [0.4, 0.5) is 4.39 Å². The molecule has 0 N–H and O–H groups in total. The predicted molar refractivity (Wildman–Crippen MR) is 159 cm³/mol. The van der Waals surface area contributed by atoms with Gasteiger partial charge in [-0.2, -0.15) is 0 Å². The second kappa shape index (κ2) is 15.7. The van der Waals surface area contributed by atoms with Crippen LogP contribution in [-0.4, -0.2) is 6.67 Å². The van der Waals surface area contributed by atoms with Crippen molar-refractivity contribution in [2.24, 2.45) is 17.8 Å². The van der Waals surface area contributed by atoms with Gasteiger partial charge in [0.1, 0.15) is 0 Å². The van der Waals surface area contributed by atoms with E-state index in [4.69, 9.17) is 0 Å². The van der Waals surface area contributed by atoms with E-state index in [9.17, 15) is 4.39 Å². The molecule has 0 radical (unpaired) electrons. The first-order chi connectivity index (χ1) is 18.2. The van der Waals surface area contributed by atoms with E-state index in [1.165, 1.54) is 119 Å². The van der Waals surface area contributed by atoms with Crippen LogP contribution >= 0.6 is 0 Å². The van der Waals surface area contributed by atoms with Crippen molar-refractivity contribution < 1.29 is 4.39 Å². The van der Waals surface area contributed by atoms with Crippen molar-refractivity contribution in [2.75, 3.05) is 6.67 Å². The lowest BCUT2D eigenvalue weighted by Gasteiger charge is -2.32. The van der Waals surface area contributed by atoms with Gasteiger partial charge in [0.2, 0.25) is 0 Å². The normalized spacial score (nSPS) is 24.3. The molecule has 0 aromatic heterocycles. The second-order valence-corrected chi connectivity index (χ2v) is 12.5. The van der Waals surface area contributed by atoms with Gasteiger partial charge >= 0.3 is 0 Å². The zero-order chi connectivity index (χ0) is 25.7. The fraction of sp³-hybridized carbons (Fsp3) is 0.667. The van der Waals surface area contributed by atoms with Gasteiger partial charge in [-0.3, -0.25) is 4.39 Å². The third kappa shape index (κ3) is 9.26. The molecule has 0 nitrogen and oxygen atoms in total. The van der Waals surface area contributed by atoms with Crippen LogP contribution in [0, 0.1) is 17.8 Å². The fourth-order valence-corrected chi connectivity index (χ4v) is 7.16. The van der Waals surface area contributed by atoms with E-state index in [-0.39, 0.29) is 6.67 Å². The number of hydrogen-bond acceptors (Lipinski definition) is 0. The molecule has 2 fully saturated rings. The van der Waals surface area contributed by atoms with Gasteiger partial charge < -0.3 is 0 Å². The number of benzene rings is 2. The third-order valence-corrected chi connectivity index (χ3v) is 9.78. The standard InChI is InChI=1S/C36H53F/c1-2-3-5-8-30-16-20-33(21-17-30)35-24-26-36(27-25-35)34-22-18-32(19-23-34)15-14-31-12-10-29(11-13-31)9-6-4-7-28-37/h16-17,20-21,24-27,29,31-32,34H,2-15,18-19,22-23,28H2,1H3/t29-,31-,32?,34?. The van der Waals surface area contributed by atoms with Crippen LogP contribution in [0.1, 0.15) is 133 Å². The monoisotopic (exact) mass is 504 g/mol. The average Bonchev–Trinajstić information content (AvgIpc) is 2.96. The zero-order valence-electron chi connectivity index (χ0n) is 23.7. The minimum Gasteiger partial charge on any atom is -0.251 e. The number of alkyl halides is 1. The number of aryl methyl sites for hydroxylation is 1. The van der Waals surface area contributed by atoms with E-state index in [0.29, 0.717) is 0 Å². The Morgan fingerprint density at radius 3 is 1.68 bits per heavy atom. The molecule has 2 aromatic rings. The second-order valence-electron chi connectivity index (χ2n) is 12.5. The van der Waals surface area contributed by atoms with Gasteiger partial charge in [0.15, 0.2) is 0 Å². The van der Waals surface area contributed by atoms with Crippen molar-refractivity contribution in [1.82, 2.24) is 0 Å². The van der Waals surface area contributed by atoms with Gasteiger partial charge in [-0.05, 0) is 90.9 Å². The van der Waals surface area contributed by atoms with Gasteiger partial charge in [0.05, 0.1) is 6.67 Å². The summed E-state index contributed by atoms with van der Waals surface area (Å²) in [7, 11) is 0. The molecule has 0 spiro atoms. The molecule has 0 saturated heterocycles. The minimum atomic E-state index is -0.130. The van der Waals surface area contributed by atoms with Gasteiger partial charge in [0, 0.05) is 0 Å². The largest absolute Gasteiger partial charge is 0.251 e. The summed E-state index contributed by atoms with van der Waals surface area (Å²) in [5, 5.41) is 0. The summed E-state index contributed by atoms with van der Waals surface area (Å²) in [4.78, 5) is 0. The maximum absolute atomic E-state index is 12.3. The highest BCUT2D eigenvalue weighted by molar-refractivity contribution is 5.64. The van der Waals surface area contributed by atoms with Crippen molar-refractivity contribution in [3.8, 4) is 11.1 Å². The Bertz CT molecular complexity index is 851. The molecule has 204 valence electrons. The van der Waals surface area contributed by atoms with E-state index in [1.807, 2.05) is 0 Å². The molecule has 2 aliphatic rings. The lowest BCUT2D eigenvalue weighted by atomic mass is 9.74. The Balaban J connectivity index is 1.14. The first kappa shape index (κ1) is 28.4. The highest BCUT2D eigenvalue weighted by atomic mass is 19.1. The topological polar surface area (TPSA) is 0 Å². The van der Waals surface area contributed by atoms with Gasteiger partial charge in [-0.25, -0.2) is 0 Å². The van der Waals surface area contributed by atoms with Crippen LogP contribution in [0.25, 0.3) is 11.1 Å². The van der Waals surface area contributed by atoms with E-state index >= 15 is 0 Å². The lowest BCUT2D eigenvalue weighted by molar-refractivity contribution is 0.222. The molecule has 0 bridgehead atoms. The molecule has 4 rings (SSSR count). The van der Waals surface area contributed by atoms with Gasteiger partial charge in [-0.15, -0.1) is 0 Å². The Morgan fingerprint density at radius 1 is 0.568 bits per heavy atom. The molecule has 0 heterocycles. The molecule has 37 heavy (non-hydrogen) atoms. The summed E-state index contributed by atoms with van der Waals surface area (Å²) in [6, 6.07) is 18.8. The maximum atomic E-state index is 12.3. The summed E-state index contributed by atoms with van der Waals surface area (Å²) in [6.45, 7) is 2.14. The number of rotatable bonds is 14. The molecular weight excluding hydrogens is 451 g/mol. The lowest BCUT2D eigenvalue weighted by Crippen LogP contribution is -2.17. The van der Waals surface area contributed by atoms with Crippen molar-refractivity contribution in [1.29, 1.82) is 0 Å². The van der Waals surface area contributed by atoms with E-state index in [2.05, 4.69) is 55.5 Å². The average molecular weight is 505 g/mol. The first-order valence-corrected chi connectivity index (χ1v) is 16.0. The Labute approximate surface area is 227 Å². The van der Waals surface area contributed by atoms with Crippen molar-refractivity contribution in [2.45, 2.75) is 128 Å². The van der Waals surface area contributed by atoms with Crippen molar-refractivity contribution >= 4 is 0 Å². The van der Waals surface area contributed by atoms with E-state index < -0.39 is 0 Å². The van der Waals surface area contributed by atoms with Crippen LogP contribution in [0.2, 0.25) is 0 Å². The first-order valence-electron chi connectivity index (χ1n) is 16.0. The van der Waals surface area contributed by atoms with Crippen LogP contribution in [0.5, 0.6) is 0 Å². The predicted octanol–water partition coefficient (Wildman–Crippen LogP) is 11.5.